The number of piperazine rings is 1. The highest BCUT2D eigenvalue weighted by molar-refractivity contribution is 7.99. The first-order valence-electron chi connectivity index (χ1n) is 6.26. The van der Waals surface area contributed by atoms with Gasteiger partial charge in [-0.25, -0.2) is 0 Å². The van der Waals surface area contributed by atoms with Gasteiger partial charge in [-0.1, -0.05) is 23.2 Å². The van der Waals surface area contributed by atoms with Crippen molar-refractivity contribution in [1.29, 1.82) is 0 Å². The molecule has 1 aliphatic heterocycles. The van der Waals surface area contributed by atoms with Gasteiger partial charge < -0.3 is 10.2 Å². The van der Waals surface area contributed by atoms with Crippen molar-refractivity contribution >= 4 is 59.8 Å². The number of halogens is 4. The van der Waals surface area contributed by atoms with E-state index in [9.17, 15) is 0 Å². The number of benzene rings is 1. The van der Waals surface area contributed by atoms with E-state index in [1.807, 2.05) is 18.2 Å². The van der Waals surface area contributed by atoms with Crippen LogP contribution in [-0.4, -0.2) is 43.4 Å². The summed E-state index contributed by atoms with van der Waals surface area (Å²) in [6.07, 6.45) is 1.19. The molecule has 0 bridgehead atoms. The minimum atomic E-state index is 0. The molecule has 20 heavy (non-hydrogen) atoms. The third-order valence-electron chi connectivity index (χ3n) is 2.98. The lowest BCUT2D eigenvalue weighted by Gasteiger charge is -2.26. The Labute approximate surface area is 147 Å². The van der Waals surface area contributed by atoms with E-state index in [0.717, 1.165) is 33.8 Å². The van der Waals surface area contributed by atoms with Crippen LogP contribution in [0.1, 0.15) is 6.42 Å². The van der Waals surface area contributed by atoms with Crippen LogP contribution in [0.15, 0.2) is 23.1 Å². The van der Waals surface area contributed by atoms with Gasteiger partial charge in [-0.2, -0.15) is 0 Å². The third-order valence-corrected chi connectivity index (χ3v) is 4.80. The number of nitrogens with one attached hydrogen (secondary N) is 1. The number of nitrogens with zero attached hydrogens (tertiary/aromatic N) is 1. The van der Waals surface area contributed by atoms with E-state index in [0.29, 0.717) is 0 Å². The predicted molar refractivity (Wildman–Crippen MR) is 95.6 cm³/mol. The van der Waals surface area contributed by atoms with Crippen LogP contribution in [0.4, 0.5) is 0 Å². The maximum Gasteiger partial charge on any atom is 0.0542 e. The zero-order chi connectivity index (χ0) is 12.8. The van der Waals surface area contributed by atoms with Crippen LogP contribution in [0.5, 0.6) is 0 Å². The molecule has 7 heteroatoms. The molecule has 1 N–H and O–H groups in total. The maximum absolute atomic E-state index is 6.13. The van der Waals surface area contributed by atoms with Gasteiger partial charge in [0.05, 0.1) is 5.02 Å². The van der Waals surface area contributed by atoms with E-state index < -0.39 is 0 Å². The first-order chi connectivity index (χ1) is 8.75. The van der Waals surface area contributed by atoms with E-state index >= 15 is 0 Å². The van der Waals surface area contributed by atoms with Crippen molar-refractivity contribution in [2.75, 3.05) is 38.5 Å². The Bertz CT molecular complexity index is 387. The summed E-state index contributed by atoms with van der Waals surface area (Å²) in [6, 6.07) is 5.64. The molecule has 1 aromatic rings. The van der Waals surface area contributed by atoms with E-state index in [-0.39, 0.29) is 24.8 Å². The minimum absolute atomic E-state index is 0. The lowest BCUT2D eigenvalue weighted by molar-refractivity contribution is 0.242. The molecule has 0 unspecified atom stereocenters. The van der Waals surface area contributed by atoms with Crippen LogP contribution in [0.25, 0.3) is 0 Å². The molecule has 2 rings (SSSR count). The second kappa shape index (κ2) is 11.2. The summed E-state index contributed by atoms with van der Waals surface area (Å²) < 4.78 is 0. The normalized spacial score (nSPS) is 15.3. The second-order valence-electron chi connectivity index (χ2n) is 4.37. The molecule has 0 spiro atoms. The van der Waals surface area contributed by atoms with Crippen molar-refractivity contribution in [3.63, 3.8) is 0 Å². The number of hydrogen-bond donors (Lipinski definition) is 1. The topological polar surface area (TPSA) is 15.3 Å². The SMILES string of the molecule is Cl.Cl.Clc1ccc(Cl)c(SCCCN2CCNCC2)c1. The average molecular weight is 378 g/mol. The van der Waals surface area contributed by atoms with Gasteiger partial charge in [0.1, 0.15) is 0 Å². The summed E-state index contributed by atoms with van der Waals surface area (Å²) in [5.74, 6) is 1.09. The molecular formula is C13H20Cl4N2S. The van der Waals surface area contributed by atoms with Gasteiger partial charge in [0, 0.05) is 36.1 Å². The predicted octanol–water partition coefficient (Wildman–Crippen LogP) is 4.22. The molecule has 0 radical (unpaired) electrons. The van der Waals surface area contributed by atoms with Crippen molar-refractivity contribution in [3.8, 4) is 0 Å². The Hall–Kier alpha value is 0.650. The Morgan fingerprint density at radius 1 is 1.15 bits per heavy atom. The molecule has 0 saturated carbocycles. The van der Waals surface area contributed by atoms with Gasteiger partial charge in [0.2, 0.25) is 0 Å². The lowest BCUT2D eigenvalue weighted by Crippen LogP contribution is -2.43. The fourth-order valence-electron chi connectivity index (χ4n) is 1.99. The molecule has 1 aromatic carbocycles. The Kier molecular flexibility index (Phi) is 11.6. The first kappa shape index (κ1) is 20.6. The molecular weight excluding hydrogens is 358 g/mol. The molecule has 0 atom stereocenters. The van der Waals surface area contributed by atoms with Crippen LogP contribution >= 0.6 is 59.8 Å². The van der Waals surface area contributed by atoms with Gasteiger partial charge in [0.25, 0.3) is 0 Å². The molecule has 2 nitrogen and oxygen atoms in total. The molecule has 0 amide bonds. The van der Waals surface area contributed by atoms with Crippen LogP contribution in [0, 0.1) is 0 Å². The summed E-state index contributed by atoms with van der Waals surface area (Å²) in [6.45, 7) is 5.75. The summed E-state index contributed by atoms with van der Waals surface area (Å²) in [5, 5.41) is 4.92. The highest BCUT2D eigenvalue weighted by Crippen LogP contribution is 2.30. The average Bonchev–Trinajstić information content (AvgIpc) is 2.40. The number of thioether (sulfide) groups is 1. The zero-order valence-electron chi connectivity index (χ0n) is 11.1. The van der Waals surface area contributed by atoms with E-state index in [4.69, 9.17) is 23.2 Å². The molecule has 0 aliphatic carbocycles. The van der Waals surface area contributed by atoms with E-state index in [1.54, 1.807) is 11.8 Å². The van der Waals surface area contributed by atoms with Crippen molar-refractivity contribution in [1.82, 2.24) is 10.2 Å². The van der Waals surface area contributed by atoms with Crippen LogP contribution in [0.2, 0.25) is 10.0 Å². The highest BCUT2D eigenvalue weighted by atomic mass is 35.5. The number of rotatable bonds is 5. The summed E-state index contributed by atoms with van der Waals surface area (Å²) in [5.41, 5.74) is 0. The summed E-state index contributed by atoms with van der Waals surface area (Å²) >= 11 is 13.9. The largest absolute Gasteiger partial charge is 0.314 e. The van der Waals surface area contributed by atoms with Crippen LogP contribution in [0.3, 0.4) is 0 Å². The Morgan fingerprint density at radius 3 is 2.55 bits per heavy atom. The van der Waals surface area contributed by atoms with Crippen molar-refractivity contribution < 1.29 is 0 Å². The van der Waals surface area contributed by atoms with Crippen molar-refractivity contribution in [2.24, 2.45) is 0 Å². The number of hydrogen-bond acceptors (Lipinski definition) is 3. The van der Waals surface area contributed by atoms with Gasteiger partial charge in [-0.15, -0.1) is 36.6 Å². The van der Waals surface area contributed by atoms with E-state index in [1.165, 1.54) is 26.1 Å². The fraction of sp³-hybridized carbons (Fsp3) is 0.538. The molecule has 116 valence electrons. The van der Waals surface area contributed by atoms with Crippen LogP contribution in [-0.2, 0) is 0 Å². The molecule has 1 saturated heterocycles. The second-order valence-corrected chi connectivity index (χ2v) is 6.35. The first-order valence-corrected chi connectivity index (χ1v) is 8.01. The molecule has 1 fully saturated rings. The van der Waals surface area contributed by atoms with Gasteiger partial charge >= 0.3 is 0 Å². The summed E-state index contributed by atoms with van der Waals surface area (Å²) in [4.78, 5) is 3.60. The third kappa shape index (κ3) is 7.08. The molecule has 1 heterocycles. The van der Waals surface area contributed by atoms with Gasteiger partial charge in [0.15, 0.2) is 0 Å². The lowest BCUT2D eigenvalue weighted by atomic mass is 10.3. The van der Waals surface area contributed by atoms with E-state index in [2.05, 4.69) is 10.2 Å². The summed E-state index contributed by atoms with van der Waals surface area (Å²) in [7, 11) is 0. The van der Waals surface area contributed by atoms with Gasteiger partial charge in [-0.3, -0.25) is 0 Å². The minimum Gasteiger partial charge on any atom is -0.314 e. The fourth-order valence-corrected chi connectivity index (χ4v) is 3.42. The van der Waals surface area contributed by atoms with Gasteiger partial charge in [-0.05, 0) is 36.9 Å². The molecule has 1 aliphatic rings. The molecule has 0 aromatic heterocycles. The quantitative estimate of drug-likeness (QED) is 0.610. The van der Waals surface area contributed by atoms with Crippen LogP contribution < -0.4 is 5.32 Å². The zero-order valence-corrected chi connectivity index (χ0v) is 15.1. The monoisotopic (exact) mass is 376 g/mol. The standard InChI is InChI=1S/C13H18Cl2N2S.2ClH/c14-11-2-3-12(15)13(10-11)18-9-1-6-17-7-4-16-5-8-17;;/h2-3,10,16H,1,4-9H2;2*1H. The Morgan fingerprint density at radius 2 is 1.85 bits per heavy atom. The van der Waals surface area contributed by atoms with Crippen molar-refractivity contribution in [3.05, 3.63) is 28.2 Å². The maximum atomic E-state index is 6.13. The highest BCUT2D eigenvalue weighted by Gasteiger charge is 2.08. The van der Waals surface area contributed by atoms with Crippen molar-refractivity contribution in [2.45, 2.75) is 11.3 Å². The smallest absolute Gasteiger partial charge is 0.0542 e. The Balaban J connectivity index is 0.00000180.